The Morgan fingerprint density at radius 3 is 2.81 bits per heavy atom. The summed E-state index contributed by atoms with van der Waals surface area (Å²) in [7, 11) is 0. The highest BCUT2D eigenvalue weighted by Crippen LogP contribution is 2.25. The van der Waals surface area contributed by atoms with Crippen LogP contribution in [0.1, 0.15) is 25.5 Å². The quantitative estimate of drug-likeness (QED) is 0.785. The Labute approximate surface area is 159 Å². The highest BCUT2D eigenvalue weighted by atomic mass is 16.5. The number of carbonyl (C=O) groups excluding carboxylic acids is 1. The molecule has 1 saturated carbocycles. The Balaban J connectivity index is 1.34. The molecule has 1 aromatic carbocycles. The number of nitrogens with one attached hydrogen (secondary N) is 2. The first-order chi connectivity index (χ1) is 13.2. The van der Waals surface area contributed by atoms with E-state index in [1.165, 1.54) is 0 Å². The van der Waals surface area contributed by atoms with E-state index in [2.05, 4.69) is 15.5 Å². The number of benzene rings is 1. The van der Waals surface area contributed by atoms with Gasteiger partial charge < -0.3 is 19.8 Å². The lowest BCUT2D eigenvalue weighted by atomic mass is 10.1. The van der Waals surface area contributed by atoms with Crippen LogP contribution in [-0.2, 0) is 11.3 Å². The molecule has 0 radical (unpaired) electrons. The van der Waals surface area contributed by atoms with Crippen molar-refractivity contribution < 1.29 is 13.9 Å². The van der Waals surface area contributed by atoms with Crippen molar-refractivity contribution in [2.75, 3.05) is 26.2 Å². The van der Waals surface area contributed by atoms with Crippen molar-refractivity contribution >= 4 is 5.91 Å². The van der Waals surface area contributed by atoms with Crippen LogP contribution in [0.2, 0.25) is 0 Å². The lowest BCUT2D eigenvalue weighted by Crippen LogP contribution is -2.57. The highest BCUT2D eigenvalue weighted by Gasteiger charge is 2.30. The van der Waals surface area contributed by atoms with Gasteiger partial charge in [-0.1, -0.05) is 0 Å². The fraction of sp³-hybridized carbons (Fsp3) is 0.476. The van der Waals surface area contributed by atoms with Crippen molar-refractivity contribution in [3.63, 3.8) is 0 Å². The molecular formula is C21H27N3O3. The van der Waals surface area contributed by atoms with E-state index in [-0.39, 0.29) is 11.9 Å². The molecule has 4 rings (SSSR count). The summed E-state index contributed by atoms with van der Waals surface area (Å²) in [5, 5.41) is 6.40. The molecular weight excluding hydrogens is 342 g/mol. The second-order valence-corrected chi connectivity index (χ2v) is 7.25. The molecule has 144 valence electrons. The molecule has 2 N–H and O–H groups in total. The molecule has 1 amide bonds. The monoisotopic (exact) mass is 369 g/mol. The summed E-state index contributed by atoms with van der Waals surface area (Å²) in [6, 6.07) is 12.2. The largest absolute Gasteiger partial charge is 0.494 e. The van der Waals surface area contributed by atoms with Crippen molar-refractivity contribution in [2.24, 2.45) is 0 Å². The molecule has 6 heteroatoms. The highest BCUT2D eigenvalue weighted by molar-refractivity contribution is 5.82. The van der Waals surface area contributed by atoms with Crippen LogP contribution in [0.25, 0.3) is 11.3 Å². The van der Waals surface area contributed by atoms with E-state index in [0.717, 1.165) is 48.8 Å². The fourth-order valence-corrected chi connectivity index (χ4v) is 3.38. The van der Waals surface area contributed by atoms with Crippen LogP contribution in [0.15, 0.2) is 40.8 Å². The van der Waals surface area contributed by atoms with Crippen LogP contribution < -0.4 is 15.4 Å². The Morgan fingerprint density at radius 2 is 2.07 bits per heavy atom. The maximum atomic E-state index is 12.3. The van der Waals surface area contributed by atoms with Gasteiger partial charge in [-0.3, -0.25) is 9.69 Å². The minimum absolute atomic E-state index is 0.122. The molecule has 0 spiro atoms. The Hall–Kier alpha value is -2.31. The van der Waals surface area contributed by atoms with Crippen LogP contribution >= 0.6 is 0 Å². The maximum Gasteiger partial charge on any atom is 0.238 e. The van der Waals surface area contributed by atoms with Crippen LogP contribution in [0.4, 0.5) is 0 Å². The number of hydrogen-bond donors (Lipinski definition) is 2. The fourth-order valence-electron chi connectivity index (χ4n) is 3.38. The number of furan rings is 1. The molecule has 0 bridgehead atoms. The third kappa shape index (κ3) is 4.70. The third-order valence-electron chi connectivity index (χ3n) is 4.99. The number of piperazine rings is 1. The van der Waals surface area contributed by atoms with E-state index < -0.39 is 0 Å². The topological polar surface area (TPSA) is 66.7 Å². The Morgan fingerprint density at radius 1 is 1.26 bits per heavy atom. The number of carbonyl (C=O) groups is 1. The van der Waals surface area contributed by atoms with Crippen molar-refractivity contribution in [3.05, 3.63) is 42.2 Å². The summed E-state index contributed by atoms with van der Waals surface area (Å²) in [6.07, 6.45) is 2.23. The molecule has 2 heterocycles. The zero-order chi connectivity index (χ0) is 18.6. The van der Waals surface area contributed by atoms with Gasteiger partial charge in [-0.2, -0.15) is 0 Å². The van der Waals surface area contributed by atoms with Crippen molar-refractivity contribution in [1.29, 1.82) is 0 Å². The zero-order valence-corrected chi connectivity index (χ0v) is 15.7. The van der Waals surface area contributed by atoms with Gasteiger partial charge in [-0.05, 0) is 56.2 Å². The predicted octanol–water partition coefficient (Wildman–Crippen LogP) is 2.40. The second-order valence-electron chi connectivity index (χ2n) is 7.25. The number of amides is 1. The van der Waals surface area contributed by atoms with E-state index in [1.807, 2.05) is 43.3 Å². The smallest absolute Gasteiger partial charge is 0.238 e. The molecule has 1 aliphatic heterocycles. The molecule has 27 heavy (non-hydrogen) atoms. The molecule has 6 nitrogen and oxygen atoms in total. The lowest BCUT2D eigenvalue weighted by molar-refractivity contribution is -0.124. The van der Waals surface area contributed by atoms with Gasteiger partial charge in [0, 0.05) is 31.2 Å². The summed E-state index contributed by atoms with van der Waals surface area (Å²) >= 11 is 0. The van der Waals surface area contributed by atoms with E-state index in [4.69, 9.17) is 9.15 Å². The van der Waals surface area contributed by atoms with Crippen molar-refractivity contribution in [2.45, 2.75) is 38.4 Å². The first kappa shape index (κ1) is 18.1. The molecule has 1 aromatic heterocycles. The van der Waals surface area contributed by atoms with Crippen molar-refractivity contribution in [1.82, 2.24) is 15.5 Å². The molecule has 1 saturated heterocycles. The van der Waals surface area contributed by atoms with Crippen LogP contribution in [0, 0.1) is 0 Å². The number of nitrogens with zero attached hydrogens (tertiary/aromatic N) is 1. The first-order valence-electron chi connectivity index (χ1n) is 9.79. The van der Waals surface area contributed by atoms with Gasteiger partial charge in [0.05, 0.1) is 19.2 Å². The van der Waals surface area contributed by atoms with Gasteiger partial charge >= 0.3 is 0 Å². The van der Waals surface area contributed by atoms with Crippen molar-refractivity contribution in [3.8, 4) is 17.1 Å². The standard InChI is InChI=1S/C21H27N3O3/c1-2-26-17-7-3-15(4-8-17)20-10-9-18(27-20)13-24-12-11-22-19(14-24)21(25)23-16-5-6-16/h3-4,7-10,16,19,22H,2,5-6,11-14H2,1H3,(H,23,25). The average molecular weight is 369 g/mol. The van der Waals surface area contributed by atoms with Gasteiger partial charge in [0.25, 0.3) is 0 Å². The van der Waals surface area contributed by atoms with Crippen LogP contribution in [0.3, 0.4) is 0 Å². The van der Waals surface area contributed by atoms with Crippen LogP contribution in [0.5, 0.6) is 5.75 Å². The molecule has 2 aliphatic rings. The van der Waals surface area contributed by atoms with Gasteiger partial charge in [-0.15, -0.1) is 0 Å². The lowest BCUT2D eigenvalue weighted by Gasteiger charge is -2.32. The Kier molecular flexibility index (Phi) is 5.45. The molecule has 1 aliphatic carbocycles. The minimum atomic E-state index is -0.139. The average Bonchev–Trinajstić information content (AvgIpc) is 3.38. The van der Waals surface area contributed by atoms with E-state index in [9.17, 15) is 4.79 Å². The normalized spacial score (nSPS) is 20.4. The summed E-state index contributed by atoms with van der Waals surface area (Å²) in [5.41, 5.74) is 1.03. The number of hydrogen-bond acceptors (Lipinski definition) is 5. The summed E-state index contributed by atoms with van der Waals surface area (Å²) < 4.78 is 11.5. The van der Waals surface area contributed by atoms with Gasteiger partial charge in [0.1, 0.15) is 17.3 Å². The van der Waals surface area contributed by atoms with Gasteiger partial charge in [0.15, 0.2) is 0 Å². The minimum Gasteiger partial charge on any atom is -0.494 e. The second kappa shape index (κ2) is 8.15. The number of rotatable bonds is 7. The SMILES string of the molecule is CCOc1ccc(-c2ccc(CN3CCNC(C(=O)NC4CC4)C3)o2)cc1. The third-order valence-corrected chi connectivity index (χ3v) is 4.99. The van der Waals surface area contributed by atoms with E-state index in [1.54, 1.807) is 0 Å². The van der Waals surface area contributed by atoms with E-state index >= 15 is 0 Å². The predicted molar refractivity (Wildman–Crippen MR) is 104 cm³/mol. The van der Waals surface area contributed by atoms with E-state index in [0.29, 0.717) is 25.7 Å². The van der Waals surface area contributed by atoms with Gasteiger partial charge in [0.2, 0.25) is 5.91 Å². The first-order valence-corrected chi connectivity index (χ1v) is 9.79. The maximum absolute atomic E-state index is 12.3. The summed E-state index contributed by atoms with van der Waals surface area (Å²) in [6.45, 7) is 5.78. The summed E-state index contributed by atoms with van der Waals surface area (Å²) in [5.74, 6) is 2.76. The molecule has 1 atom stereocenters. The molecule has 1 unspecified atom stereocenters. The number of ether oxygens (including phenoxy) is 1. The molecule has 2 fully saturated rings. The van der Waals surface area contributed by atoms with Gasteiger partial charge in [-0.25, -0.2) is 0 Å². The summed E-state index contributed by atoms with van der Waals surface area (Å²) in [4.78, 5) is 14.5. The molecule has 2 aromatic rings. The Bertz CT molecular complexity index is 767. The van der Waals surface area contributed by atoms with Crippen LogP contribution in [-0.4, -0.2) is 49.1 Å². The zero-order valence-electron chi connectivity index (χ0n) is 15.7.